The lowest BCUT2D eigenvalue weighted by atomic mass is 10.1. The minimum atomic E-state index is -3.38. The molecule has 136 valence electrons. The van der Waals surface area contributed by atoms with Crippen molar-refractivity contribution in [2.24, 2.45) is 11.7 Å². The number of halogens is 1. The number of hydrogen-bond donors (Lipinski definition) is 1. The van der Waals surface area contributed by atoms with Crippen molar-refractivity contribution in [3.8, 4) is 0 Å². The van der Waals surface area contributed by atoms with E-state index in [0.29, 0.717) is 45.8 Å². The molecule has 1 amide bonds. The Bertz CT molecular complexity index is 472. The molecule has 2 N–H and O–H groups in total. The van der Waals surface area contributed by atoms with Gasteiger partial charge in [-0.05, 0) is 12.8 Å². The second-order valence-corrected chi connectivity index (χ2v) is 8.11. The number of carbonyl (C=O) groups excluding carboxylic acids is 1. The Morgan fingerprint density at radius 2 is 1.43 bits per heavy atom. The van der Waals surface area contributed by atoms with Gasteiger partial charge in [-0.25, -0.2) is 0 Å². The van der Waals surface area contributed by atoms with Crippen LogP contribution in [0.15, 0.2) is 0 Å². The highest BCUT2D eigenvalue weighted by molar-refractivity contribution is 7.86. The maximum absolute atomic E-state index is 12.7. The molecule has 0 aromatic heterocycles. The highest BCUT2D eigenvalue weighted by atomic mass is 35.5. The molecular formula is C14H29ClN4O3S. The summed E-state index contributed by atoms with van der Waals surface area (Å²) in [6.45, 7) is 5.03. The van der Waals surface area contributed by atoms with Gasteiger partial charge in [0, 0.05) is 51.7 Å². The van der Waals surface area contributed by atoms with Crippen LogP contribution in [0.5, 0.6) is 0 Å². The van der Waals surface area contributed by atoms with E-state index in [9.17, 15) is 13.2 Å². The zero-order valence-electron chi connectivity index (χ0n) is 13.8. The quantitative estimate of drug-likeness (QED) is 0.771. The highest BCUT2D eigenvalue weighted by Gasteiger charge is 2.34. The topological polar surface area (TPSA) is 87.0 Å². The summed E-state index contributed by atoms with van der Waals surface area (Å²) in [5, 5.41) is 0. The number of piperazine rings is 1. The first-order valence-corrected chi connectivity index (χ1v) is 9.60. The summed E-state index contributed by atoms with van der Waals surface area (Å²) in [7, 11) is -3.38. The monoisotopic (exact) mass is 368 g/mol. The van der Waals surface area contributed by atoms with Crippen LogP contribution in [0.3, 0.4) is 0 Å². The van der Waals surface area contributed by atoms with E-state index in [2.05, 4.69) is 0 Å². The maximum atomic E-state index is 12.7. The summed E-state index contributed by atoms with van der Waals surface area (Å²) in [5.41, 5.74) is 5.53. The average Bonchev–Trinajstić information content (AvgIpc) is 2.83. The van der Waals surface area contributed by atoms with E-state index in [4.69, 9.17) is 5.73 Å². The zero-order valence-corrected chi connectivity index (χ0v) is 15.4. The lowest BCUT2D eigenvalue weighted by Gasteiger charge is -2.37. The van der Waals surface area contributed by atoms with Crippen LogP contribution in [0.1, 0.15) is 32.6 Å². The van der Waals surface area contributed by atoms with E-state index < -0.39 is 10.2 Å². The van der Waals surface area contributed by atoms with Crippen LogP contribution in [-0.2, 0) is 15.0 Å². The Morgan fingerprint density at radius 1 is 0.957 bits per heavy atom. The Kier molecular flexibility index (Phi) is 8.23. The summed E-state index contributed by atoms with van der Waals surface area (Å²) < 4.78 is 28.5. The van der Waals surface area contributed by atoms with E-state index in [1.54, 1.807) is 9.21 Å². The van der Waals surface area contributed by atoms with Crippen LogP contribution in [0, 0.1) is 5.92 Å². The molecule has 0 spiro atoms. The van der Waals surface area contributed by atoms with Crippen molar-refractivity contribution < 1.29 is 13.2 Å². The molecule has 9 heteroatoms. The summed E-state index contributed by atoms with van der Waals surface area (Å²) in [6.07, 6.45) is 4.08. The Morgan fingerprint density at radius 3 is 1.91 bits per heavy atom. The van der Waals surface area contributed by atoms with E-state index in [0.717, 1.165) is 25.7 Å². The minimum absolute atomic E-state index is 0. The van der Waals surface area contributed by atoms with Gasteiger partial charge in [0.1, 0.15) is 0 Å². The number of carbonyl (C=O) groups is 1. The second-order valence-electron chi connectivity index (χ2n) is 6.18. The van der Waals surface area contributed by atoms with Gasteiger partial charge in [-0.15, -0.1) is 12.4 Å². The van der Waals surface area contributed by atoms with Gasteiger partial charge < -0.3 is 10.6 Å². The molecule has 2 fully saturated rings. The Hall–Kier alpha value is -0.410. The molecule has 2 heterocycles. The van der Waals surface area contributed by atoms with Gasteiger partial charge in [0.15, 0.2) is 0 Å². The molecule has 0 aliphatic carbocycles. The number of nitrogens with zero attached hydrogens (tertiary/aromatic N) is 3. The summed E-state index contributed by atoms with van der Waals surface area (Å²) in [4.78, 5) is 13.8. The molecule has 1 atom stereocenters. The normalized spacial score (nSPS) is 23.0. The van der Waals surface area contributed by atoms with Gasteiger partial charge in [0.25, 0.3) is 10.2 Å². The first kappa shape index (κ1) is 20.6. The molecule has 2 saturated heterocycles. The highest BCUT2D eigenvalue weighted by Crippen LogP contribution is 2.18. The van der Waals surface area contributed by atoms with Crippen molar-refractivity contribution in [2.75, 3.05) is 45.8 Å². The Balaban J connectivity index is 0.00000264. The molecule has 7 nitrogen and oxygen atoms in total. The molecule has 23 heavy (non-hydrogen) atoms. The fourth-order valence-corrected chi connectivity index (χ4v) is 4.66. The van der Waals surface area contributed by atoms with Gasteiger partial charge >= 0.3 is 0 Å². The molecule has 0 saturated carbocycles. The largest absolute Gasteiger partial charge is 0.340 e. The van der Waals surface area contributed by atoms with Gasteiger partial charge in [0.2, 0.25) is 5.91 Å². The predicted molar refractivity (Wildman–Crippen MR) is 92.6 cm³/mol. The zero-order chi connectivity index (χ0) is 16.2. The van der Waals surface area contributed by atoms with Crippen molar-refractivity contribution >= 4 is 28.5 Å². The molecule has 2 rings (SSSR count). The summed E-state index contributed by atoms with van der Waals surface area (Å²) >= 11 is 0. The lowest BCUT2D eigenvalue weighted by Crippen LogP contribution is -2.55. The van der Waals surface area contributed by atoms with E-state index in [1.807, 2.05) is 6.92 Å². The smallest absolute Gasteiger partial charge is 0.282 e. The fourth-order valence-electron chi connectivity index (χ4n) is 2.99. The number of rotatable bonds is 4. The summed E-state index contributed by atoms with van der Waals surface area (Å²) in [6, 6.07) is 0. The van der Waals surface area contributed by atoms with Gasteiger partial charge in [-0.1, -0.05) is 19.8 Å². The molecule has 0 bridgehead atoms. The molecule has 0 aromatic carbocycles. The third kappa shape index (κ3) is 5.03. The van der Waals surface area contributed by atoms with Crippen LogP contribution >= 0.6 is 12.4 Å². The van der Waals surface area contributed by atoms with Crippen LogP contribution < -0.4 is 5.73 Å². The van der Waals surface area contributed by atoms with Crippen molar-refractivity contribution in [1.29, 1.82) is 0 Å². The van der Waals surface area contributed by atoms with Crippen molar-refractivity contribution in [3.63, 3.8) is 0 Å². The van der Waals surface area contributed by atoms with E-state index in [1.165, 1.54) is 4.31 Å². The third-order valence-corrected chi connectivity index (χ3v) is 6.58. The van der Waals surface area contributed by atoms with Crippen LogP contribution in [0.4, 0.5) is 0 Å². The average molecular weight is 369 g/mol. The molecule has 2 aliphatic heterocycles. The number of hydrogen-bond acceptors (Lipinski definition) is 4. The fraction of sp³-hybridized carbons (Fsp3) is 0.929. The molecule has 1 unspecified atom stereocenters. The van der Waals surface area contributed by atoms with Crippen molar-refractivity contribution in [3.05, 3.63) is 0 Å². The maximum Gasteiger partial charge on any atom is 0.282 e. The van der Waals surface area contributed by atoms with Gasteiger partial charge in [-0.3, -0.25) is 4.79 Å². The lowest BCUT2D eigenvalue weighted by molar-refractivity contribution is -0.135. The second kappa shape index (κ2) is 9.17. The van der Waals surface area contributed by atoms with Crippen molar-refractivity contribution in [1.82, 2.24) is 13.5 Å². The molecular weight excluding hydrogens is 340 g/mol. The van der Waals surface area contributed by atoms with Crippen LogP contribution in [0.2, 0.25) is 0 Å². The SMILES string of the molecule is CC(CN)C(=O)N1CCN(S(=O)(=O)N2CCCCCC2)CC1.Cl. The molecule has 0 aromatic rings. The minimum Gasteiger partial charge on any atom is -0.340 e. The first-order valence-electron chi connectivity index (χ1n) is 8.21. The predicted octanol–water partition coefficient (Wildman–Crippen LogP) is 0.268. The van der Waals surface area contributed by atoms with E-state index >= 15 is 0 Å². The number of nitrogens with two attached hydrogens (primary N) is 1. The van der Waals surface area contributed by atoms with E-state index in [-0.39, 0.29) is 24.2 Å². The number of amides is 1. The van der Waals surface area contributed by atoms with Crippen molar-refractivity contribution in [2.45, 2.75) is 32.6 Å². The van der Waals surface area contributed by atoms with Crippen LogP contribution in [0.25, 0.3) is 0 Å². The summed E-state index contributed by atoms with van der Waals surface area (Å²) in [5.74, 6) is -0.178. The molecule has 0 radical (unpaired) electrons. The Labute approximate surface area is 145 Å². The van der Waals surface area contributed by atoms with Crippen LogP contribution in [-0.4, -0.2) is 73.6 Å². The first-order chi connectivity index (χ1) is 10.5. The van der Waals surface area contributed by atoms with Gasteiger partial charge in [-0.2, -0.15) is 17.0 Å². The molecule has 2 aliphatic rings. The standard InChI is InChI=1S/C14H28N4O3S.ClH/c1-13(12-15)14(19)16-8-10-18(11-9-16)22(20,21)17-6-4-2-3-5-7-17;/h13H,2-12,15H2,1H3;1H. The van der Waals surface area contributed by atoms with Gasteiger partial charge in [0.05, 0.1) is 0 Å². The third-order valence-electron chi connectivity index (χ3n) is 4.54.